The lowest BCUT2D eigenvalue weighted by Crippen LogP contribution is -2.41. The van der Waals surface area contributed by atoms with E-state index in [1.165, 1.54) is 5.56 Å². The molecule has 6 heteroatoms. The fourth-order valence-corrected chi connectivity index (χ4v) is 2.87. The maximum atomic E-state index is 11.7. The highest BCUT2D eigenvalue weighted by Crippen LogP contribution is 2.49. The number of carbonyl (C=O) groups excluding carboxylic acids is 2. The molecule has 1 aromatic rings. The van der Waals surface area contributed by atoms with Gasteiger partial charge in [0, 0.05) is 16.4 Å². The van der Waals surface area contributed by atoms with Crippen molar-refractivity contribution >= 4 is 27.7 Å². The van der Waals surface area contributed by atoms with Crippen LogP contribution in [0.4, 0.5) is 0 Å². The third-order valence-corrected chi connectivity index (χ3v) is 4.25. The summed E-state index contributed by atoms with van der Waals surface area (Å²) in [5.41, 5.74) is 6.42. The van der Waals surface area contributed by atoms with E-state index in [9.17, 15) is 9.59 Å². The predicted octanol–water partition coefficient (Wildman–Crippen LogP) is 0.672. The molecule has 1 aliphatic rings. The molecule has 1 aliphatic carbocycles. The van der Waals surface area contributed by atoms with E-state index in [2.05, 4.69) is 32.6 Å². The van der Waals surface area contributed by atoms with Crippen LogP contribution in [0.3, 0.4) is 0 Å². The maximum Gasteiger partial charge on any atom is 0.239 e. The fourth-order valence-electron chi connectivity index (χ4n) is 2.16. The Morgan fingerprint density at radius 1 is 1.20 bits per heavy atom. The topological polar surface area (TPSA) is 84.2 Å². The van der Waals surface area contributed by atoms with Crippen LogP contribution < -0.4 is 16.4 Å². The minimum atomic E-state index is -0.327. The molecule has 2 amide bonds. The molecule has 0 aromatic heterocycles. The van der Waals surface area contributed by atoms with Gasteiger partial charge in [-0.2, -0.15) is 0 Å². The van der Waals surface area contributed by atoms with Gasteiger partial charge in [-0.3, -0.25) is 9.59 Å². The number of nitrogens with one attached hydrogen (secondary N) is 2. The van der Waals surface area contributed by atoms with Gasteiger partial charge < -0.3 is 16.4 Å². The molecule has 0 saturated heterocycles. The van der Waals surface area contributed by atoms with Crippen molar-refractivity contribution in [3.8, 4) is 0 Å². The molecule has 0 aliphatic heterocycles. The third kappa shape index (κ3) is 3.58. The van der Waals surface area contributed by atoms with Crippen LogP contribution in [0.1, 0.15) is 18.4 Å². The number of hydrogen-bond acceptors (Lipinski definition) is 3. The van der Waals surface area contributed by atoms with Gasteiger partial charge >= 0.3 is 0 Å². The molecule has 5 nitrogen and oxygen atoms in total. The molecule has 20 heavy (non-hydrogen) atoms. The van der Waals surface area contributed by atoms with E-state index >= 15 is 0 Å². The molecule has 0 spiro atoms. The second kappa shape index (κ2) is 6.37. The highest BCUT2D eigenvalue weighted by molar-refractivity contribution is 9.10. The second-order valence-corrected chi connectivity index (χ2v) is 5.87. The van der Waals surface area contributed by atoms with Crippen LogP contribution in [0.15, 0.2) is 28.7 Å². The molecule has 1 fully saturated rings. The molecule has 2 rings (SSSR count). The first-order valence-corrected chi connectivity index (χ1v) is 7.35. The molecule has 0 radical (unpaired) electrons. The van der Waals surface area contributed by atoms with E-state index < -0.39 is 0 Å². The number of nitrogens with two attached hydrogens (primary N) is 1. The van der Waals surface area contributed by atoms with Gasteiger partial charge in [-0.15, -0.1) is 0 Å². The number of rotatable bonds is 6. The first kappa shape index (κ1) is 15.0. The Kier molecular flexibility index (Phi) is 4.77. The first-order valence-electron chi connectivity index (χ1n) is 6.56. The Bertz CT molecular complexity index is 515. The summed E-state index contributed by atoms with van der Waals surface area (Å²) in [5.74, 6) is -0.516. The summed E-state index contributed by atoms with van der Waals surface area (Å²) < 4.78 is 1.07. The van der Waals surface area contributed by atoms with Crippen LogP contribution in [0.25, 0.3) is 0 Å². The van der Waals surface area contributed by atoms with E-state index in [4.69, 9.17) is 5.73 Å². The van der Waals surface area contributed by atoms with E-state index in [0.29, 0.717) is 6.54 Å². The fraction of sp³-hybridized carbons (Fsp3) is 0.429. The van der Waals surface area contributed by atoms with Gasteiger partial charge in [0.1, 0.15) is 0 Å². The van der Waals surface area contributed by atoms with Gasteiger partial charge in [-0.25, -0.2) is 0 Å². The molecule has 0 atom stereocenters. The maximum absolute atomic E-state index is 11.7. The van der Waals surface area contributed by atoms with Crippen LogP contribution in [-0.4, -0.2) is 31.4 Å². The van der Waals surface area contributed by atoms with Gasteiger partial charge in [0.15, 0.2) is 0 Å². The predicted molar refractivity (Wildman–Crippen MR) is 80.1 cm³/mol. The molecular formula is C14H18BrN3O2. The Balaban J connectivity index is 1.86. The zero-order valence-electron chi connectivity index (χ0n) is 11.1. The number of halogens is 1. The van der Waals surface area contributed by atoms with Gasteiger partial charge in [0.2, 0.25) is 11.8 Å². The Labute approximate surface area is 126 Å². The van der Waals surface area contributed by atoms with Crippen LogP contribution >= 0.6 is 15.9 Å². The lowest BCUT2D eigenvalue weighted by atomic mass is 9.96. The molecule has 1 saturated carbocycles. The zero-order valence-corrected chi connectivity index (χ0v) is 12.7. The highest BCUT2D eigenvalue weighted by Gasteiger charge is 2.45. The summed E-state index contributed by atoms with van der Waals surface area (Å²) in [7, 11) is 0. The van der Waals surface area contributed by atoms with Crippen molar-refractivity contribution in [1.29, 1.82) is 0 Å². The van der Waals surface area contributed by atoms with Gasteiger partial charge in [0.25, 0.3) is 0 Å². The highest BCUT2D eigenvalue weighted by atomic mass is 79.9. The normalized spacial score (nSPS) is 15.5. The van der Waals surface area contributed by atoms with E-state index in [0.717, 1.165) is 17.3 Å². The van der Waals surface area contributed by atoms with Crippen molar-refractivity contribution in [2.75, 3.05) is 19.6 Å². The summed E-state index contributed by atoms with van der Waals surface area (Å²) in [4.78, 5) is 22.6. The van der Waals surface area contributed by atoms with E-state index in [1.807, 2.05) is 18.2 Å². The summed E-state index contributed by atoms with van der Waals surface area (Å²) in [5, 5.41) is 5.33. The molecule has 4 N–H and O–H groups in total. The average Bonchev–Trinajstić information content (AvgIpc) is 3.24. The van der Waals surface area contributed by atoms with Crippen LogP contribution in [-0.2, 0) is 15.0 Å². The summed E-state index contributed by atoms with van der Waals surface area (Å²) in [6.45, 7) is 0.462. The first-order chi connectivity index (χ1) is 9.57. The quantitative estimate of drug-likeness (QED) is 0.712. The SMILES string of the molecule is NCC(=O)NCC(=O)NCC1(c2ccccc2Br)CC1. The Morgan fingerprint density at radius 3 is 2.50 bits per heavy atom. The minimum Gasteiger partial charge on any atom is -0.354 e. The number of hydrogen-bond donors (Lipinski definition) is 3. The van der Waals surface area contributed by atoms with Crippen molar-refractivity contribution in [3.05, 3.63) is 34.3 Å². The van der Waals surface area contributed by atoms with Crippen LogP contribution in [0.2, 0.25) is 0 Å². The smallest absolute Gasteiger partial charge is 0.239 e. The Hall–Kier alpha value is -1.40. The summed E-state index contributed by atoms with van der Waals surface area (Å²) in [6.07, 6.45) is 2.12. The van der Waals surface area contributed by atoms with Crippen molar-refractivity contribution in [3.63, 3.8) is 0 Å². The monoisotopic (exact) mass is 339 g/mol. The lowest BCUT2D eigenvalue weighted by Gasteiger charge is -2.18. The average molecular weight is 340 g/mol. The van der Waals surface area contributed by atoms with Crippen molar-refractivity contribution in [1.82, 2.24) is 10.6 Å². The largest absolute Gasteiger partial charge is 0.354 e. The Morgan fingerprint density at radius 2 is 1.90 bits per heavy atom. The number of benzene rings is 1. The summed E-state index contributed by atoms with van der Waals surface area (Å²) in [6, 6.07) is 8.08. The minimum absolute atomic E-state index is 0.0257. The van der Waals surface area contributed by atoms with Gasteiger partial charge in [-0.05, 0) is 24.5 Å². The zero-order chi connectivity index (χ0) is 14.6. The van der Waals surface area contributed by atoms with Gasteiger partial charge in [-0.1, -0.05) is 34.1 Å². The van der Waals surface area contributed by atoms with Crippen LogP contribution in [0.5, 0.6) is 0 Å². The number of carbonyl (C=O) groups is 2. The molecule has 0 bridgehead atoms. The molecule has 108 valence electrons. The van der Waals surface area contributed by atoms with E-state index in [1.54, 1.807) is 0 Å². The van der Waals surface area contributed by atoms with Gasteiger partial charge in [0.05, 0.1) is 13.1 Å². The van der Waals surface area contributed by atoms with Crippen LogP contribution in [0, 0.1) is 0 Å². The summed E-state index contributed by atoms with van der Waals surface area (Å²) >= 11 is 3.55. The second-order valence-electron chi connectivity index (χ2n) is 5.02. The van der Waals surface area contributed by atoms with E-state index in [-0.39, 0.29) is 30.3 Å². The standard InChI is InChI=1S/C14H18BrN3O2/c15-11-4-2-1-3-10(11)14(5-6-14)9-18-13(20)8-17-12(19)7-16/h1-4H,5-9,16H2,(H,17,19)(H,18,20). The molecule has 0 heterocycles. The third-order valence-electron chi connectivity index (χ3n) is 3.55. The van der Waals surface area contributed by atoms with Crippen molar-refractivity contribution < 1.29 is 9.59 Å². The number of amides is 2. The van der Waals surface area contributed by atoms with Crippen molar-refractivity contribution in [2.24, 2.45) is 5.73 Å². The molecule has 1 aromatic carbocycles. The van der Waals surface area contributed by atoms with Crippen molar-refractivity contribution in [2.45, 2.75) is 18.3 Å². The molecule has 0 unspecified atom stereocenters. The molecular weight excluding hydrogens is 322 g/mol. The lowest BCUT2D eigenvalue weighted by molar-refractivity contribution is -0.125.